The SMILES string of the molecule is COc1cc(OC)c(Cl)c(C2(c3c(Cl)c(OC)cc(OC)c3Cl)Cc3cnc(N(c4c(C)cccc4[N+](=O)[O-])c4c(C)cccc4[N+](=O)[O-])nc3C(F)(F)C2)c1Cl. The van der Waals surface area contributed by atoms with E-state index < -0.39 is 50.6 Å². The third-order valence-corrected chi connectivity index (χ3v) is 11.3. The fourth-order valence-electron chi connectivity index (χ4n) is 7.37. The van der Waals surface area contributed by atoms with Crippen molar-refractivity contribution in [2.24, 2.45) is 0 Å². The number of hydrogen-bond donors (Lipinski definition) is 0. The van der Waals surface area contributed by atoms with E-state index >= 15 is 8.78 Å². The highest BCUT2D eigenvalue weighted by atomic mass is 35.5. The molecule has 6 rings (SSSR count). The number of hydrogen-bond acceptors (Lipinski definition) is 11. The van der Waals surface area contributed by atoms with Crippen LogP contribution in [-0.4, -0.2) is 48.3 Å². The van der Waals surface area contributed by atoms with E-state index in [0.717, 1.165) is 11.1 Å². The predicted octanol–water partition coefficient (Wildman–Crippen LogP) is 11.1. The maximum Gasteiger partial charge on any atom is 0.293 e. The summed E-state index contributed by atoms with van der Waals surface area (Å²) in [5, 5.41) is 24.2. The van der Waals surface area contributed by atoms with Crippen LogP contribution < -0.4 is 23.8 Å². The topological polar surface area (TPSA) is 152 Å². The third-order valence-electron chi connectivity index (χ3n) is 9.79. The van der Waals surface area contributed by atoms with Gasteiger partial charge in [0, 0.05) is 53.4 Å². The number of aromatic nitrogens is 2. The van der Waals surface area contributed by atoms with Crippen LogP contribution in [0.5, 0.6) is 23.0 Å². The largest absolute Gasteiger partial charge is 0.495 e. The highest BCUT2D eigenvalue weighted by Crippen LogP contribution is 2.62. The molecule has 5 aromatic rings. The van der Waals surface area contributed by atoms with Gasteiger partial charge >= 0.3 is 0 Å². The molecule has 0 N–H and O–H groups in total. The van der Waals surface area contributed by atoms with Crippen molar-refractivity contribution in [3.05, 3.63) is 129 Å². The summed E-state index contributed by atoms with van der Waals surface area (Å²) in [4.78, 5) is 33.4. The summed E-state index contributed by atoms with van der Waals surface area (Å²) in [6, 6.07) is 11.1. The first-order valence-corrected chi connectivity index (χ1v) is 18.2. The second-order valence-corrected chi connectivity index (χ2v) is 14.5. The van der Waals surface area contributed by atoms with Crippen LogP contribution in [0.25, 0.3) is 0 Å². The molecule has 0 unspecified atom stereocenters. The van der Waals surface area contributed by atoms with Crippen LogP contribution in [0.4, 0.5) is 37.5 Å². The van der Waals surface area contributed by atoms with Gasteiger partial charge in [-0.2, -0.15) is 8.78 Å². The van der Waals surface area contributed by atoms with Crippen molar-refractivity contribution >= 4 is 75.1 Å². The van der Waals surface area contributed by atoms with Gasteiger partial charge in [-0.3, -0.25) is 25.1 Å². The van der Waals surface area contributed by atoms with Gasteiger partial charge in [0.15, 0.2) is 0 Å². The second kappa shape index (κ2) is 15.6. The summed E-state index contributed by atoms with van der Waals surface area (Å²) in [7, 11) is 5.29. The molecule has 1 aromatic heterocycles. The zero-order valence-corrected chi connectivity index (χ0v) is 33.9. The number of nitro benzene ring substituents is 2. The lowest BCUT2D eigenvalue weighted by Crippen LogP contribution is -2.43. The summed E-state index contributed by atoms with van der Waals surface area (Å²) in [5.41, 5.74) is -3.85. The molecule has 4 aromatic carbocycles. The molecule has 13 nitrogen and oxygen atoms in total. The Labute approximate surface area is 344 Å². The average Bonchev–Trinajstić information content (AvgIpc) is 3.16. The van der Waals surface area contributed by atoms with Crippen LogP contribution in [0, 0.1) is 34.1 Å². The number of aryl methyl sites for hydroxylation is 2. The first-order valence-electron chi connectivity index (χ1n) is 16.7. The van der Waals surface area contributed by atoms with Crippen molar-refractivity contribution in [1.29, 1.82) is 0 Å². The molecule has 0 fully saturated rings. The van der Waals surface area contributed by atoms with Crippen molar-refractivity contribution in [1.82, 2.24) is 9.97 Å². The van der Waals surface area contributed by atoms with Crippen LogP contribution in [0.3, 0.4) is 0 Å². The minimum Gasteiger partial charge on any atom is -0.495 e. The first-order chi connectivity index (χ1) is 27.0. The average molecular weight is 866 g/mol. The maximum atomic E-state index is 17.5. The molecule has 0 spiro atoms. The van der Waals surface area contributed by atoms with E-state index in [9.17, 15) is 20.2 Å². The van der Waals surface area contributed by atoms with Crippen LogP contribution >= 0.6 is 46.4 Å². The zero-order chi connectivity index (χ0) is 41.7. The second-order valence-electron chi connectivity index (χ2n) is 13.0. The molecule has 0 saturated heterocycles. The highest BCUT2D eigenvalue weighted by molar-refractivity contribution is 6.40. The molecule has 19 heteroatoms. The molecular formula is C38H31Cl4F2N5O8. The van der Waals surface area contributed by atoms with E-state index in [-0.39, 0.29) is 88.7 Å². The maximum absolute atomic E-state index is 17.5. The van der Waals surface area contributed by atoms with Crippen molar-refractivity contribution in [2.75, 3.05) is 33.3 Å². The Hall–Kier alpha value is -5.22. The van der Waals surface area contributed by atoms with E-state index in [2.05, 4.69) is 9.97 Å². The summed E-state index contributed by atoms with van der Waals surface area (Å²) in [6.45, 7) is 3.07. The number of alkyl halides is 2. The molecule has 0 amide bonds. The summed E-state index contributed by atoms with van der Waals surface area (Å²) in [6.07, 6.45) is -0.401. The Morgan fingerprint density at radius 2 is 1.12 bits per heavy atom. The van der Waals surface area contributed by atoms with Gasteiger partial charge in [-0.15, -0.1) is 0 Å². The number of rotatable bonds is 11. The molecule has 0 radical (unpaired) electrons. The van der Waals surface area contributed by atoms with Gasteiger partial charge < -0.3 is 18.9 Å². The number of para-hydroxylation sites is 2. The molecular weight excluding hydrogens is 834 g/mol. The van der Waals surface area contributed by atoms with Gasteiger partial charge in [0.2, 0.25) is 5.95 Å². The first kappa shape index (κ1) is 41.4. The highest BCUT2D eigenvalue weighted by Gasteiger charge is 2.56. The quantitative estimate of drug-likeness (QED) is 0.0921. The van der Waals surface area contributed by atoms with Gasteiger partial charge in [-0.1, -0.05) is 70.7 Å². The molecule has 0 bridgehead atoms. The smallest absolute Gasteiger partial charge is 0.293 e. The lowest BCUT2D eigenvalue weighted by molar-refractivity contribution is -0.384. The number of anilines is 3. The van der Waals surface area contributed by atoms with E-state index in [0.29, 0.717) is 0 Å². The molecule has 0 aliphatic heterocycles. The number of benzene rings is 4. The van der Waals surface area contributed by atoms with Crippen LogP contribution in [0.1, 0.15) is 39.9 Å². The fourth-order valence-corrected chi connectivity index (χ4v) is 9.09. The van der Waals surface area contributed by atoms with E-state index in [4.69, 9.17) is 65.4 Å². The van der Waals surface area contributed by atoms with Gasteiger partial charge in [-0.05, 0) is 37.0 Å². The minimum absolute atomic E-state index is 0.0328. The van der Waals surface area contributed by atoms with E-state index in [1.54, 1.807) is 0 Å². The Morgan fingerprint density at radius 1 is 0.719 bits per heavy atom. The van der Waals surface area contributed by atoms with Crippen molar-refractivity contribution < 1.29 is 37.6 Å². The van der Waals surface area contributed by atoms with Gasteiger partial charge in [-0.25, -0.2) is 9.97 Å². The van der Waals surface area contributed by atoms with Crippen molar-refractivity contribution in [2.45, 2.75) is 38.0 Å². The molecule has 0 atom stereocenters. The normalized spacial score (nSPS) is 14.0. The number of nitro groups is 2. The van der Waals surface area contributed by atoms with E-state index in [1.165, 1.54) is 90.8 Å². The number of halogens is 6. The number of nitrogens with zero attached hydrogens (tertiary/aromatic N) is 5. The van der Waals surface area contributed by atoms with E-state index in [1.807, 2.05) is 0 Å². The molecule has 0 saturated carbocycles. The fraction of sp³-hybridized carbons (Fsp3) is 0.263. The molecule has 1 aliphatic rings. The lowest BCUT2D eigenvalue weighted by atomic mass is 9.63. The summed E-state index contributed by atoms with van der Waals surface area (Å²) in [5.74, 6) is -4.29. The third kappa shape index (κ3) is 6.85. The van der Waals surface area contributed by atoms with Crippen molar-refractivity contribution in [3.8, 4) is 23.0 Å². The van der Waals surface area contributed by atoms with Crippen LogP contribution in [0.15, 0.2) is 54.7 Å². The Balaban J connectivity index is 1.72. The van der Waals surface area contributed by atoms with Gasteiger partial charge in [0.25, 0.3) is 17.3 Å². The summed E-state index contributed by atoms with van der Waals surface area (Å²) >= 11 is 28.0. The number of methoxy groups -OCH3 is 4. The zero-order valence-electron chi connectivity index (χ0n) is 30.9. The Morgan fingerprint density at radius 3 is 1.49 bits per heavy atom. The molecule has 57 heavy (non-hydrogen) atoms. The molecule has 1 aliphatic carbocycles. The Bertz CT molecular complexity index is 2290. The molecule has 1 heterocycles. The summed E-state index contributed by atoms with van der Waals surface area (Å²) < 4.78 is 57.1. The number of ether oxygens (including phenoxy) is 4. The standard InChI is InChI=1S/C38H31Cl4F2N5O8/c1-18-9-7-11-21(48(50)51)33(18)47(34-19(2)10-8-12-22(34)49(52)53)36-45-16-20-15-37(17-38(43,44)35(20)46-36,27-29(39)23(54-3)13-24(55-4)30(27)40)28-31(41)25(56-5)14-26(57-6)32(28)42/h7-14,16H,15,17H2,1-6H3. The van der Waals surface area contributed by atoms with Gasteiger partial charge in [0.1, 0.15) is 40.1 Å². The lowest BCUT2D eigenvalue weighted by Gasteiger charge is -2.44. The minimum atomic E-state index is -3.92. The van der Waals surface area contributed by atoms with Gasteiger partial charge in [0.05, 0.1) is 58.4 Å². The monoisotopic (exact) mass is 863 g/mol. The van der Waals surface area contributed by atoms with Crippen LogP contribution in [-0.2, 0) is 17.8 Å². The molecule has 298 valence electrons. The van der Waals surface area contributed by atoms with Crippen LogP contribution in [0.2, 0.25) is 20.1 Å². The van der Waals surface area contributed by atoms with Crippen molar-refractivity contribution in [3.63, 3.8) is 0 Å². The predicted molar refractivity (Wildman–Crippen MR) is 212 cm³/mol. The number of fused-ring (bicyclic) bond motifs is 1. The Kier molecular flexibility index (Phi) is 11.3.